The second-order valence-electron chi connectivity index (χ2n) is 4.65. The quantitative estimate of drug-likeness (QED) is 0.791. The zero-order valence-electron chi connectivity index (χ0n) is 12.4. The second kappa shape index (κ2) is 6.87. The van der Waals surface area contributed by atoms with Crippen molar-refractivity contribution >= 4 is 6.08 Å². The van der Waals surface area contributed by atoms with Gasteiger partial charge in [-0.1, -0.05) is 12.2 Å². The van der Waals surface area contributed by atoms with Gasteiger partial charge in [-0.05, 0) is 24.3 Å². The van der Waals surface area contributed by atoms with Crippen molar-refractivity contribution in [1.82, 2.24) is 0 Å². The Hall–Kier alpha value is -2.66. The van der Waals surface area contributed by atoms with Gasteiger partial charge in [-0.15, -0.1) is 0 Å². The smallest absolute Gasteiger partial charge is 0.129 e. The first-order valence-corrected chi connectivity index (χ1v) is 6.65. The van der Waals surface area contributed by atoms with Crippen LogP contribution >= 0.6 is 0 Å². The summed E-state index contributed by atoms with van der Waals surface area (Å²) < 4.78 is 10.4. The van der Waals surface area contributed by atoms with Crippen LogP contribution in [0.3, 0.4) is 0 Å². The van der Waals surface area contributed by atoms with Gasteiger partial charge in [0.1, 0.15) is 29.1 Å². The van der Waals surface area contributed by atoms with E-state index in [4.69, 9.17) is 9.47 Å². The maximum Gasteiger partial charge on any atom is 0.129 e. The first-order chi connectivity index (χ1) is 10.5. The largest absolute Gasteiger partial charge is 0.508 e. The average Bonchev–Trinajstić information content (AvgIpc) is 2.52. The zero-order valence-corrected chi connectivity index (χ0v) is 12.4. The summed E-state index contributed by atoms with van der Waals surface area (Å²) >= 11 is 0. The van der Waals surface area contributed by atoms with E-state index in [1.165, 1.54) is 24.3 Å². The van der Waals surface area contributed by atoms with Crippen molar-refractivity contribution in [2.45, 2.75) is 6.10 Å². The Bertz CT molecular complexity index is 679. The Morgan fingerprint density at radius 1 is 1.00 bits per heavy atom. The van der Waals surface area contributed by atoms with E-state index in [2.05, 4.69) is 0 Å². The molecule has 5 nitrogen and oxygen atoms in total. The summed E-state index contributed by atoms with van der Waals surface area (Å²) in [6, 6.07) is 9.37. The number of phenols is 2. The number of rotatable bonds is 5. The maximum absolute atomic E-state index is 10.1. The Morgan fingerprint density at radius 3 is 2.41 bits per heavy atom. The molecule has 1 unspecified atom stereocenters. The van der Waals surface area contributed by atoms with Gasteiger partial charge in [0, 0.05) is 23.3 Å². The maximum atomic E-state index is 10.1. The van der Waals surface area contributed by atoms with Crippen molar-refractivity contribution in [1.29, 1.82) is 0 Å². The van der Waals surface area contributed by atoms with E-state index in [0.29, 0.717) is 17.1 Å². The lowest BCUT2D eigenvalue weighted by Gasteiger charge is -2.10. The SMILES string of the molecule is COc1ccc(C=CC(O)c2ccc(O)cc2O)c(OC)c1. The number of aliphatic hydroxyl groups excluding tert-OH is 1. The number of aromatic hydroxyl groups is 2. The number of hydrogen-bond acceptors (Lipinski definition) is 5. The second-order valence-corrected chi connectivity index (χ2v) is 4.65. The van der Waals surface area contributed by atoms with E-state index < -0.39 is 6.10 Å². The van der Waals surface area contributed by atoms with Gasteiger partial charge in [-0.2, -0.15) is 0 Å². The van der Waals surface area contributed by atoms with Crippen molar-refractivity contribution in [2.75, 3.05) is 14.2 Å². The van der Waals surface area contributed by atoms with Crippen LogP contribution in [0, 0.1) is 0 Å². The molecule has 2 aromatic rings. The first-order valence-electron chi connectivity index (χ1n) is 6.65. The molecule has 0 aliphatic carbocycles. The van der Waals surface area contributed by atoms with Crippen molar-refractivity contribution in [3.05, 3.63) is 53.6 Å². The summed E-state index contributed by atoms with van der Waals surface area (Å²) in [6.45, 7) is 0. The highest BCUT2D eigenvalue weighted by Gasteiger charge is 2.10. The fraction of sp³-hybridized carbons (Fsp3) is 0.176. The Kier molecular flexibility index (Phi) is 4.91. The first kappa shape index (κ1) is 15.7. The molecular weight excluding hydrogens is 284 g/mol. The van der Waals surface area contributed by atoms with Crippen LogP contribution in [0.1, 0.15) is 17.2 Å². The van der Waals surface area contributed by atoms with Crippen LogP contribution < -0.4 is 9.47 Å². The van der Waals surface area contributed by atoms with Crippen molar-refractivity contribution in [3.63, 3.8) is 0 Å². The predicted octanol–water partition coefficient (Wildman–Crippen LogP) is 2.86. The predicted molar refractivity (Wildman–Crippen MR) is 83.3 cm³/mol. The number of aliphatic hydroxyl groups is 1. The van der Waals surface area contributed by atoms with Crippen molar-refractivity contribution in [2.24, 2.45) is 0 Å². The van der Waals surface area contributed by atoms with Crippen LogP contribution in [0.2, 0.25) is 0 Å². The molecule has 0 fully saturated rings. The third kappa shape index (κ3) is 3.51. The molecule has 0 spiro atoms. The zero-order chi connectivity index (χ0) is 16.1. The van der Waals surface area contributed by atoms with Crippen molar-refractivity contribution < 1.29 is 24.8 Å². The normalized spacial score (nSPS) is 12.3. The Morgan fingerprint density at radius 2 is 1.77 bits per heavy atom. The third-order valence-corrected chi connectivity index (χ3v) is 3.23. The molecule has 0 saturated heterocycles. The minimum absolute atomic E-state index is 0.0609. The van der Waals surface area contributed by atoms with Crippen LogP contribution in [0.5, 0.6) is 23.0 Å². The van der Waals surface area contributed by atoms with Gasteiger partial charge in [-0.3, -0.25) is 0 Å². The molecular formula is C17H18O5. The highest BCUT2D eigenvalue weighted by molar-refractivity contribution is 5.60. The van der Waals surface area contributed by atoms with Gasteiger partial charge in [0.05, 0.1) is 14.2 Å². The van der Waals surface area contributed by atoms with E-state index in [1.54, 1.807) is 38.5 Å². The summed E-state index contributed by atoms with van der Waals surface area (Å²) in [5.41, 5.74) is 1.07. The van der Waals surface area contributed by atoms with Crippen LogP contribution in [0.25, 0.3) is 6.08 Å². The third-order valence-electron chi connectivity index (χ3n) is 3.23. The molecule has 2 aromatic carbocycles. The summed E-state index contributed by atoms with van der Waals surface area (Å²) in [6.07, 6.45) is 2.21. The lowest BCUT2D eigenvalue weighted by molar-refractivity contribution is 0.224. The standard InChI is InChI=1S/C17H18O5/c1-21-13-6-3-11(17(10-13)22-2)4-8-15(19)14-7-5-12(18)9-16(14)20/h3-10,15,18-20H,1-2H3. The Balaban J connectivity index is 2.24. The number of hydrogen-bond donors (Lipinski definition) is 3. The van der Waals surface area contributed by atoms with Gasteiger partial charge in [0.25, 0.3) is 0 Å². The Labute approximate surface area is 128 Å². The van der Waals surface area contributed by atoms with Crippen LogP contribution in [-0.2, 0) is 0 Å². The number of ether oxygens (including phenoxy) is 2. The van der Waals surface area contributed by atoms with Gasteiger partial charge < -0.3 is 24.8 Å². The summed E-state index contributed by atoms with van der Waals surface area (Å²) in [5.74, 6) is 1.05. The summed E-state index contributed by atoms with van der Waals surface area (Å²) in [5, 5.41) is 29.1. The van der Waals surface area contributed by atoms with Gasteiger partial charge in [-0.25, -0.2) is 0 Å². The highest BCUT2D eigenvalue weighted by Crippen LogP contribution is 2.30. The molecule has 0 aliphatic heterocycles. The number of methoxy groups -OCH3 is 2. The van der Waals surface area contributed by atoms with E-state index in [9.17, 15) is 15.3 Å². The van der Waals surface area contributed by atoms with E-state index in [-0.39, 0.29) is 11.5 Å². The van der Waals surface area contributed by atoms with Crippen molar-refractivity contribution in [3.8, 4) is 23.0 Å². The van der Waals surface area contributed by atoms with E-state index >= 15 is 0 Å². The molecule has 0 aliphatic rings. The average molecular weight is 302 g/mol. The molecule has 0 heterocycles. The molecule has 0 amide bonds. The molecule has 0 saturated carbocycles. The fourth-order valence-corrected chi connectivity index (χ4v) is 2.04. The van der Waals surface area contributed by atoms with Gasteiger partial charge >= 0.3 is 0 Å². The fourth-order valence-electron chi connectivity index (χ4n) is 2.04. The molecule has 0 aromatic heterocycles. The topological polar surface area (TPSA) is 79.2 Å². The molecule has 1 atom stereocenters. The van der Waals surface area contributed by atoms with E-state index in [0.717, 1.165) is 5.56 Å². The number of benzene rings is 2. The van der Waals surface area contributed by atoms with Crippen LogP contribution in [0.4, 0.5) is 0 Å². The van der Waals surface area contributed by atoms with Gasteiger partial charge in [0.15, 0.2) is 0 Å². The molecule has 3 N–H and O–H groups in total. The van der Waals surface area contributed by atoms with Crippen LogP contribution in [0.15, 0.2) is 42.5 Å². The van der Waals surface area contributed by atoms with E-state index in [1.807, 2.05) is 0 Å². The molecule has 0 radical (unpaired) electrons. The molecule has 22 heavy (non-hydrogen) atoms. The monoisotopic (exact) mass is 302 g/mol. The minimum Gasteiger partial charge on any atom is -0.508 e. The summed E-state index contributed by atoms with van der Waals surface area (Å²) in [4.78, 5) is 0. The van der Waals surface area contributed by atoms with Gasteiger partial charge in [0.2, 0.25) is 0 Å². The lowest BCUT2D eigenvalue weighted by Crippen LogP contribution is -1.94. The number of phenolic OH excluding ortho intramolecular Hbond substituents is 2. The molecule has 2 rings (SSSR count). The molecule has 116 valence electrons. The summed E-state index contributed by atoms with van der Waals surface area (Å²) in [7, 11) is 3.12. The molecule has 0 bridgehead atoms. The van der Waals surface area contributed by atoms with Crippen LogP contribution in [-0.4, -0.2) is 29.5 Å². The molecule has 5 heteroatoms. The minimum atomic E-state index is -1.01. The lowest BCUT2D eigenvalue weighted by atomic mass is 10.1. The highest BCUT2D eigenvalue weighted by atomic mass is 16.5.